The quantitative estimate of drug-likeness (QED) is 0.311. The van der Waals surface area contributed by atoms with Gasteiger partial charge in [0, 0.05) is 12.2 Å². The minimum atomic E-state index is 0.551. The number of rotatable bonds is 7. The molecule has 0 aromatic heterocycles. The molecule has 0 aliphatic rings. The van der Waals surface area contributed by atoms with Gasteiger partial charge in [0.25, 0.3) is 0 Å². The Bertz CT molecular complexity index is 436. The van der Waals surface area contributed by atoms with Crippen LogP contribution in [0.1, 0.15) is 39.5 Å². The van der Waals surface area contributed by atoms with Crippen LogP contribution in [0.3, 0.4) is 0 Å². The van der Waals surface area contributed by atoms with Gasteiger partial charge in [-0.2, -0.15) is 0 Å². The van der Waals surface area contributed by atoms with Crippen LogP contribution in [0.15, 0.2) is 29.3 Å². The fourth-order valence-electron chi connectivity index (χ4n) is 1.75. The molecule has 0 bridgehead atoms. The molecular formula is C15H24N4S. The van der Waals surface area contributed by atoms with Gasteiger partial charge < -0.3 is 16.4 Å². The van der Waals surface area contributed by atoms with E-state index in [1.54, 1.807) is 6.92 Å². The summed E-state index contributed by atoms with van der Waals surface area (Å²) in [5, 5.41) is 7.02. The molecule has 0 radical (unpaired) electrons. The number of amidine groups is 1. The van der Waals surface area contributed by atoms with E-state index < -0.39 is 0 Å². The van der Waals surface area contributed by atoms with Crippen molar-refractivity contribution >= 4 is 34.5 Å². The highest BCUT2D eigenvalue weighted by Crippen LogP contribution is 2.16. The summed E-state index contributed by atoms with van der Waals surface area (Å²) in [6.07, 6.45) is 4.93. The van der Waals surface area contributed by atoms with Crippen LogP contribution in [0, 0.1) is 0 Å². The van der Waals surface area contributed by atoms with Crippen LogP contribution in [-0.2, 0) is 0 Å². The van der Waals surface area contributed by atoms with Gasteiger partial charge in [-0.05, 0) is 49.8 Å². The van der Waals surface area contributed by atoms with Crippen LogP contribution in [0.25, 0.3) is 0 Å². The summed E-state index contributed by atoms with van der Waals surface area (Å²) in [5.41, 5.74) is 7.33. The Morgan fingerprint density at radius 1 is 1.20 bits per heavy atom. The number of hydrogen-bond donors (Lipinski definition) is 3. The van der Waals surface area contributed by atoms with Crippen molar-refractivity contribution in [1.29, 1.82) is 0 Å². The van der Waals surface area contributed by atoms with Gasteiger partial charge in [0.1, 0.15) is 0 Å². The van der Waals surface area contributed by atoms with E-state index in [1.165, 1.54) is 19.3 Å². The summed E-state index contributed by atoms with van der Waals surface area (Å²) in [6, 6.07) is 7.69. The zero-order valence-corrected chi connectivity index (χ0v) is 13.1. The van der Waals surface area contributed by atoms with Crippen LogP contribution in [0.2, 0.25) is 0 Å². The minimum Gasteiger partial charge on any atom is -0.387 e. The summed E-state index contributed by atoms with van der Waals surface area (Å²) < 4.78 is 0. The Labute approximate surface area is 126 Å². The fourth-order valence-corrected chi connectivity index (χ4v) is 1.97. The summed E-state index contributed by atoms with van der Waals surface area (Å²) in [7, 11) is 0. The molecule has 0 saturated carbocycles. The molecule has 1 aromatic rings. The van der Waals surface area contributed by atoms with Crippen molar-refractivity contribution in [2.45, 2.75) is 39.5 Å². The van der Waals surface area contributed by atoms with Crippen LogP contribution in [0.5, 0.6) is 0 Å². The number of anilines is 1. The normalized spacial score (nSPS) is 11.2. The number of thiocarbonyl (C=S) groups is 1. The molecule has 1 aromatic carbocycles. The van der Waals surface area contributed by atoms with E-state index in [0.29, 0.717) is 10.9 Å². The molecule has 0 atom stereocenters. The summed E-state index contributed by atoms with van der Waals surface area (Å²) in [6.45, 7) is 4.89. The second kappa shape index (κ2) is 9.31. The van der Waals surface area contributed by atoms with Gasteiger partial charge in [0.05, 0.1) is 11.5 Å². The number of nitrogens with two attached hydrogens (primary N) is 1. The first-order valence-corrected chi connectivity index (χ1v) is 7.48. The van der Waals surface area contributed by atoms with E-state index in [9.17, 15) is 0 Å². The fraction of sp³-hybridized carbons (Fsp3) is 0.467. The number of unbranched alkanes of at least 4 members (excludes halogenated alkanes) is 3. The largest absolute Gasteiger partial charge is 0.387 e. The predicted octanol–water partition coefficient (Wildman–Crippen LogP) is 3.56. The van der Waals surface area contributed by atoms with Crippen molar-refractivity contribution in [2.75, 3.05) is 11.9 Å². The number of nitrogens with zero attached hydrogens (tertiary/aromatic N) is 1. The van der Waals surface area contributed by atoms with E-state index >= 15 is 0 Å². The highest BCUT2D eigenvalue weighted by molar-refractivity contribution is 7.80. The molecule has 0 unspecified atom stereocenters. The Balaban J connectivity index is 2.33. The molecule has 110 valence electrons. The third-order valence-electron chi connectivity index (χ3n) is 2.75. The third kappa shape index (κ3) is 7.09. The van der Waals surface area contributed by atoms with Crippen molar-refractivity contribution < 1.29 is 0 Å². The highest BCUT2D eigenvalue weighted by Gasteiger charge is 1.97. The number of nitrogens with one attached hydrogen (secondary N) is 2. The molecule has 4 N–H and O–H groups in total. The third-order valence-corrected chi connectivity index (χ3v) is 2.99. The second-order valence-corrected chi connectivity index (χ2v) is 5.15. The topological polar surface area (TPSA) is 62.4 Å². The van der Waals surface area contributed by atoms with Crippen LogP contribution >= 0.6 is 12.2 Å². The monoisotopic (exact) mass is 292 g/mol. The zero-order chi connectivity index (χ0) is 14.8. The Morgan fingerprint density at radius 2 is 1.90 bits per heavy atom. The predicted molar refractivity (Wildman–Crippen MR) is 91.8 cm³/mol. The van der Waals surface area contributed by atoms with Crippen molar-refractivity contribution in [3.05, 3.63) is 24.3 Å². The van der Waals surface area contributed by atoms with Crippen molar-refractivity contribution in [3.8, 4) is 0 Å². The zero-order valence-electron chi connectivity index (χ0n) is 12.3. The molecule has 0 saturated heterocycles. The standard InChI is InChI=1S/C15H24N4S/c1-3-4-5-6-11-17-15(20)19-14-9-7-13(8-10-14)18-12(2)16/h7-10H,3-6,11H2,1-2H3,(H2,16,18)(H2,17,19,20). The van der Waals surface area contributed by atoms with Gasteiger partial charge in [-0.15, -0.1) is 0 Å². The maximum absolute atomic E-state index is 5.54. The Hall–Kier alpha value is -1.62. The first-order valence-electron chi connectivity index (χ1n) is 7.07. The number of benzene rings is 1. The van der Waals surface area contributed by atoms with Crippen LogP contribution in [-0.4, -0.2) is 17.5 Å². The summed E-state index contributed by atoms with van der Waals surface area (Å²) in [4.78, 5) is 4.18. The van der Waals surface area contributed by atoms with E-state index in [-0.39, 0.29) is 0 Å². The molecule has 0 spiro atoms. The second-order valence-electron chi connectivity index (χ2n) is 4.74. The van der Waals surface area contributed by atoms with E-state index in [2.05, 4.69) is 22.5 Å². The van der Waals surface area contributed by atoms with Gasteiger partial charge in [0.2, 0.25) is 0 Å². The molecule has 5 heteroatoms. The number of hydrogen-bond acceptors (Lipinski definition) is 2. The van der Waals surface area contributed by atoms with Gasteiger partial charge in [-0.25, -0.2) is 4.99 Å². The number of aliphatic imine (C=N–C) groups is 1. The van der Waals surface area contributed by atoms with Crippen molar-refractivity contribution in [1.82, 2.24) is 5.32 Å². The lowest BCUT2D eigenvalue weighted by atomic mass is 10.2. The smallest absolute Gasteiger partial charge is 0.170 e. The lowest BCUT2D eigenvalue weighted by molar-refractivity contribution is 0.655. The van der Waals surface area contributed by atoms with Gasteiger partial charge >= 0.3 is 0 Å². The highest BCUT2D eigenvalue weighted by atomic mass is 32.1. The van der Waals surface area contributed by atoms with E-state index in [0.717, 1.165) is 24.3 Å². The molecular weight excluding hydrogens is 268 g/mol. The maximum atomic E-state index is 5.54. The molecule has 1 rings (SSSR count). The minimum absolute atomic E-state index is 0.551. The van der Waals surface area contributed by atoms with E-state index in [1.807, 2.05) is 24.3 Å². The molecule has 0 aliphatic heterocycles. The van der Waals surface area contributed by atoms with Gasteiger partial charge in [0.15, 0.2) is 5.11 Å². The molecule has 20 heavy (non-hydrogen) atoms. The molecule has 4 nitrogen and oxygen atoms in total. The molecule has 0 fully saturated rings. The lowest BCUT2D eigenvalue weighted by Crippen LogP contribution is -2.29. The van der Waals surface area contributed by atoms with Crippen molar-refractivity contribution in [3.63, 3.8) is 0 Å². The summed E-state index contributed by atoms with van der Waals surface area (Å²) >= 11 is 5.25. The molecule has 0 heterocycles. The van der Waals surface area contributed by atoms with Crippen LogP contribution < -0.4 is 16.4 Å². The average molecular weight is 292 g/mol. The average Bonchev–Trinajstić information content (AvgIpc) is 2.40. The van der Waals surface area contributed by atoms with Crippen LogP contribution in [0.4, 0.5) is 11.4 Å². The Kier molecular flexibility index (Phi) is 7.65. The van der Waals surface area contributed by atoms with E-state index in [4.69, 9.17) is 18.0 Å². The lowest BCUT2D eigenvalue weighted by Gasteiger charge is -2.10. The first kappa shape index (κ1) is 16.4. The molecule has 0 amide bonds. The Morgan fingerprint density at radius 3 is 2.50 bits per heavy atom. The van der Waals surface area contributed by atoms with Gasteiger partial charge in [-0.3, -0.25) is 0 Å². The SMILES string of the molecule is CCCCCCNC(=S)Nc1ccc(N=C(C)N)cc1. The molecule has 0 aliphatic carbocycles. The first-order chi connectivity index (χ1) is 9.61. The summed E-state index contributed by atoms with van der Waals surface area (Å²) in [5.74, 6) is 0.551. The van der Waals surface area contributed by atoms with Crippen molar-refractivity contribution in [2.24, 2.45) is 10.7 Å². The maximum Gasteiger partial charge on any atom is 0.170 e. The van der Waals surface area contributed by atoms with Gasteiger partial charge in [-0.1, -0.05) is 26.2 Å².